The van der Waals surface area contributed by atoms with Gasteiger partial charge in [-0.15, -0.1) is 0 Å². The van der Waals surface area contributed by atoms with Crippen molar-refractivity contribution in [2.75, 3.05) is 49.6 Å². The Bertz CT molecular complexity index is 1150. The summed E-state index contributed by atoms with van der Waals surface area (Å²) in [6, 6.07) is 13.3. The summed E-state index contributed by atoms with van der Waals surface area (Å²) >= 11 is 0. The van der Waals surface area contributed by atoms with E-state index in [0.29, 0.717) is 11.6 Å². The molecule has 1 atom stereocenters. The third-order valence-electron chi connectivity index (χ3n) is 6.09. The third-order valence-corrected chi connectivity index (χ3v) is 6.09. The highest BCUT2D eigenvalue weighted by Gasteiger charge is 2.29. The fourth-order valence-corrected chi connectivity index (χ4v) is 4.36. The smallest absolute Gasteiger partial charge is 0.145 e. The molecule has 0 amide bonds. The molecule has 1 aromatic heterocycles. The van der Waals surface area contributed by atoms with E-state index in [9.17, 15) is 4.39 Å². The number of hydrogen-bond acceptors (Lipinski definition) is 7. The number of aromatic nitrogens is 2. The van der Waals surface area contributed by atoms with E-state index in [1.165, 1.54) is 6.07 Å². The minimum Gasteiger partial charge on any atom is -0.379 e. The van der Waals surface area contributed by atoms with Crippen molar-refractivity contribution in [3.8, 4) is 6.07 Å². The van der Waals surface area contributed by atoms with Gasteiger partial charge < -0.3 is 15.0 Å². The monoisotopic (exact) mass is 418 g/mol. The van der Waals surface area contributed by atoms with Gasteiger partial charge in [-0.1, -0.05) is 12.1 Å². The number of rotatable bonds is 4. The van der Waals surface area contributed by atoms with Gasteiger partial charge in [-0.3, -0.25) is 4.90 Å². The maximum atomic E-state index is 14.4. The molecule has 8 heteroatoms. The van der Waals surface area contributed by atoms with Crippen LogP contribution in [-0.2, 0) is 11.3 Å². The molecular weight excluding hydrogens is 395 g/mol. The van der Waals surface area contributed by atoms with Crippen molar-refractivity contribution in [3.63, 3.8) is 0 Å². The first-order valence-electron chi connectivity index (χ1n) is 10.5. The van der Waals surface area contributed by atoms with Crippen molar-refractivity contribution >= 4 is 22.3 Å². The van der Waals surface area contributed by atoms with Crippen molar-refractivity contribution in [1.82, 2.24) is 15.1 Å². The predicted molar refractivity (Wildman–Crippen MR) is 116 cm³/mol. The first-order chi connectivity index (χ1) is 15.2. The number of nitrogens with one attached hydrogen (secondary N) is 1. The minimum atomic E-state index is -0.489. The first-order valence-corrected chi connectivity index (χ1v) is 10.5. The second-order valence-electron chi connectivity index (χ2n) is 7.91. The van der Waals surface area contributed by atoms with Crippen LogP contribution in [-0.4, -0.2) is 60.5 Å². The quantitative estimate of drug-likeness (QED) is 0.698. The van der Waals surface area contributed by atoms with Crippen LogP contribution < -0.4 is 10.2 Å². The average Bonchev–Trinajstić information content (AvgIpc) is 2.82. The Morgan fingerprint density at radius 2 is 2.16 bits per heavy atom. The van der Waals surface area contributed by atoms with E-state index in [2.05, 4.69) is 37.4 Å². The minimum absolute atomic E-state index is 0.0464. The highest BCUT2D eigenvalue weighted by atomic mass is 19.1. The molecule has 0 aliphatic carbocycles. The first kappa shape index (κ1) is 19.7. The Morgan fingerprint density at radius 3 is 3.06 bits per heavy atom. The van der Waals surface area contributed by atoms with E-state index >= 15 is 0 Å². The lowest BCUT2D eigenvalue weighted by Crippen LogP contribution is -2.58. The predicted octanol–water partition coefficient (Wildman–Crippen LogP) is 2.77. The van der Waals surface area contributed by atoms with Crippen LogP contribution in [0.3, 0.4) is 0 Å². The number of halogens is 1. The van der Waals surface area contributed by atoms with Crippen LogP contribution in [0.2, 0.25) is 0 Å². The van der Waals surface area contributed by atoms with E-state index in [1.807, 2.05) is 12.1 Å². The number of nitrogens with zero attached hydrogens (tertiary/aromatic N) is 5. The zero-order valence-electron chi connectivity index (χ0n) is 17.1. The summed E-state index contributed by atoms with van der Waals surface area (Å²) in [6.45, 7) is 5.77. The number of nitriles is 1. The Labute approximate surface area is 180 Å². The van der Waals surface area contributed by atoms with Crippen LogP contribution in [0, 0.1) is 17.1 Å². The molecule has 0 saturated carbocycles. The summed E-state index contributed by atoms with van der Waals surface area (Å²) in [5.41, 5.74) is 3.18. The molecule has 1 N–H and O–H groups in total. The number of morpholine rings is 1. The summed E-state index contributed by atoms with van der Waals surface area (Å²) in [6.07, 6.45) is 1.66. The van der Waals surface area contributed by atoms with E-state index in [-0.39, 0.29) is 12.1 Å². The van der Waals surface area contributed by atoms with Crippen molar-refractivity contribution in [1.29, 1.82) is 5.26 Å². The summed E-state index contributed by atoms with van der Waals surface area (Å²) in [7, 11) is 0. The maximum Gasteiger partial charge on any atom is 0.145 e. The number of piperazine rings is 1. The Morgan fingerprint density at radius 1 is 1.23 bits per heavy atom. The zero-order chi connectivity index (χ0) is 21.2. The largest absolute Gasteiger partial charge is 0.379 e. The van der Waals surface area contributed by atoms with Gasteiger partial charge in [0, 0.05) is 49.4 Å². The highest BCUT2D eigenvalue weighted by Crippen LogP contribution is 2.28. The molecule has 0 radical (unpaired) electrons. The van der Waals surface area contributed by atoms with Crippen LogP contribution in [0.4, 0.5) is 15.8 Å². The maximum absolute atomic E-state index is 14.4. The molecule has 158 valence electrons. The zero-order valence-corrected chi connectivity index (χ0v) is 17.1. The second kappa shape index (κ2) is 8.46. The molecule has 31 heavy (non-hydrogen) atoms. The van der Waals surface area contributed by atoms with Crippen molar-refractivity contribution in [2.45, 2.75) is 12.6 Å². The highest BCUT2D eigenvalue weighted by molar-refractivity contribution is 5.92. The van der Waals surface area contributed by atoms with Gasteiger partial charge in [-0.25, -0.2) is 4.39 Å². The number of benzene rings is 2. The molecule has 3 aromatic rings. The summed E-state index contributed by atoms with van der Waals surface area (Å²) in [4.78, 5) is 4.89. The van der Waals surface area contributed by atoms with Crippen LogP contribution in [0.1, 0.15) is 11.1 Å². The third kappa shape index (κ3) is 3.90. The molecule has 0 bridgehead atoms. The van der Waals surface area contributed by atoms with Crippen LogP contribution in [0.25, 0.3) is 10.9 Å². The molecule has 1 unspecified atom stereocenters. The van der Waals surface area contributed by atoms with Crippen LogP contribution in [0.5, 0.6) is 0 Å². The average molecular weight is 418 g/mol. The molecule has 0 spiro atoms. The van der Waals surface area contributed by atoms with Gasteiger partial charge in [0.05, 0.1) is 42.2 Å². The molecule has 5 rings (SSSR count). The fourth-order valence-electron chi connectivity index (χ4n) is 4.36. The summed E-state index contributed by atoms with van der Waals surface area (Å²) in [5, 5.41) is 21.6. The number of fused-ring (bicyclic) bond motifs is 2. The van der Waals surface area contributed by atoms with Gasteiger partial charge in [-0.2, -0.15) is 15.5 Å². The second-order valence-corrected chi connectivity index (χ2v) is 7.91. The summed E-state index contributed by atoms with van der Waals surface area (Å²) < 4.78 is 20.1. The number of ether oxygens (including phenoxy) is 1. The Kier molecular flexibility index (Phi) is 5.37. The molecule has 2 fully saturated rings. The van der Waals surface area contributed by atoms with Gasteiger partial charge in [-0.05, 0) is 24.3 Å². The molecule has 2 aliphatic rings. The molecule has 2 aromatic carbocycles. The van der Waals surface area contributed by atoms with Gasteiger partial charge in [0.2, 0.25) is 0 Å². The molecule has 3 heterocycles. The lowest BCUT2D eigenvalue weighted by atomic mass is 10.1. The fraction of sp³-hybridized carbons (Fsp3) is 0.348. The van der Waals surface area contributed by atoms with E-state index < -0.39 is 5.82 Å². The molecular formula is C23H23FN6O. The standard InChI is InChI=1S/C23H23FN6O/c24-23-16(11-25)2-1-3-17(23)12-26-22-13-27-28-21-5-4-18(10-20(21)22)30-7-6-29-8-9-31-15-19(29)14-30/h1-5,10,13,19H,6-9,12,14-15H2,(H,26,28). The Balaban J connectivity index is 1.39. The van der Waals surface area contributed by atoms with Crippen molar-refractivity contribution < 1.29 is 9.13 Å². The SMILES string of the molecule is N#Cc1cccc(CNc2cnnc3ccc(N4CCN5CCOCC5C4)cc23)c1F. The Hall–Kier alpha value is -3.28. The van der Waals surface area contributed by atoms with Crippen molar-refractivity contribution in [2.24, 2.45) is 0 Å². The molecule has 2 saturated heterocycles. The van der Waals surface area contributed by atoms with Gasteiger partial charge >= 0.3 is 0 Å². The van der Waals surface area contributed by atoms with Crippen molar-refractivity contribution in [3.05, 3.63) is 59.5 Å². The van der Waals surface area contributed by atoms with E-state index in [0.717, 1.165) is 61.7 Å². The molecule has 7 nitrogen and oxygen atoms in total. The number of hydrogen-bond donors (Lipinski definition) is 1. The van der Waals surface area contributed by atoms with E-state index in [1.54, 1.807) is 18.3 Å². The number of anilines is 2. The lowest BCUT2D eigenvalue weighted by molar-refractivity contribution is -0.0116. The van der Waals surface area contributed by atoms with Crippen LogP contribution in [0.15, 0.2) is 42.6 Å². The van der Waals surface area contributed by atoms with E-state index in [4.69, 9.17) is 10.00 Å². The normalized spacial score (nSPS) is 19.1. The molecule has 2 aliphatic heterocycles. The lowest BCUT2D eigenvalue weighted by Gasteiger charge is -2.44. The van der Waals surface area contributed by atoms with Gasteiger partial charge in [0.25, 0.3) is 0 Å². The topological polar surface area (TPSA) is 77.3 Å². The van der Waals surface area contributed by atoms with Gasteiger partial charge in [0.1, 0.15) is 11.9 Å². The summed E-state index contributed by atoms with van der Waals surface area (Å²) in [5.74, 6) is -0.489. The van der Waals surface area contributed by atoms with Gasteiger partial charge in [0.15, 0.2) is 0 Å². The van der Waals surface area contributed by atoms with Crippen LogP contribution >= 0.6 is 0 Å².